The van der Waals surface area contributed by atoms with Crippen molar-refractivity contribution in [1.82, 2.24) is 14.5 Å². The Kier molecular flexibility index (Phi) is 6.13. The van der Waals surface area contributed by atoms with Gasteiger partial charge in [0.1, 0.15) is 22.0 Å². The third-order valence-corrected chi connectivity index (χ3v) is 10.6. The van der Waals surface area contributed by atoms with E-state index in [2.05, 4.69) is 14.7 Å². The molecule has 6 rings (SSSR count). The van der Waals surface area contributed by atoms with Gasteiger partial charge in [-0.2, -0.15) is 0 Å². The van der Waals surface area contributed by atoms with Crippen LogP contribution in [0.1, 0.15) is 53.2 Å². The summed E-state index contributed by atoms with van der Waals surface area (Å²) in [6.45, 7) is 1.76. The molecule has 3 N–H and O–H groups in total. The van der Waals surface area contributed by atoms with Crippen molar-refractivity contribution in [2.24, 2.45) is 0 Å². The lowest BCUT2D eigenvalue weighted by molar-refractivity contribution is 0.104. The molecule has 0 radical (unpaired) electrons. The zero-order chi connectivity index (χ0) is 26.6. The zero-order valence-electron chi connectivity index (χ0n) is 20.4. The van der Waals surface area contributed by atoms with Crippen molar-refractivity contribution in [2.75, 3.05) is 10.5 Å². The van der Waals surface area contributed by atoms with Gasteiger partial charge in [-0.15, -0.1) is 11.3 Å². The lowest BCUT2D eigenvalue weighted by atomic mass is 10.0. The summed E-state index contributed by atoms with van der Waals surface area (Å²) in [6.07, 6.45) is 7.52. The third kappa shape index (κ3) is 4.22. The summed E-state index contributed by atoms with van der Waals surface area (Å²) in [5, 5.41) is 1.86. The summed E-state index contributed by atoms with van der Waals surface area (Å²) < 4.78 is 32.4. The third-order valence-electron chi connectivity index (χ3n) is 7.08. The van der Waals surface area contributed by atoms with E-state index >= 15 is 0 Å². The molecule has 1 fully saturated rings. The van der Waals surface area contributed by atoms with Crippen LogP contribution in [-0.2, 0) is 10.0 Å². The molecule has 38 heavy (non-hydrogen) atoms. The number of aromatic nitrogens is 3. The number of rotatable bonds is 6. The number of ketones is 1. The number of nitrogens with one attached hydrogen (secondary N) is 1. The van der Waals surface area contributed by atoms with Gasteiger partial charge in [0.05, 0.1) is 10.9 Å². The Morgan fingerprint density at radius 1 is 1.16 bits per heavy atom. The highest BCUT2D eigenvalue weighted by atomic mass is 35.5. The lowest BCUT2D eigenvalue weighted by Gasteiger charge is -2.12. The zero-order valence-corrected chi connectivity index (χ0v) is 22.8. The van der Waals surface area contributed by atoms with Crippen LogP contribution >= 0.6 is 22.9 Å². The monoisotopic (exact) mass is 565 g/mol. The van der Waals surface area contributed by atoms with E-state index in [0.29, 0.717) is 32.7 Å². The normalized spacial score (nSPS) is 14.5. The van der Waals surface area contributed by atoms with Crippen LogP contribution in [0.25, 0.3) is 21.1 Å². The molecular formula is C27H24ClN5O3S2. The van der Waals surface area contributed by atoms with E-state index < -0.39 is 10.0 Å². The van der Waals surface area contributed by atoms with E-state index in [1.165, 1.54) is 23.7 Å². The first-order chi connectivity index (χ1) is 18.2. The Hall–Kier alpha value is -3.47. The fourth-order valence-corrected chi connectivity index (χ4v) is 8.22. The number of fused-ring (bicyclic) bond motifs is 2. The number of nitrogen functional groups attached to an aromatic ring is 1. The summed E-state index contributed by atoms with van der Waals surface area (Å²) >= 11 is 7.29. The second kappa shape index (κ2) is 9.37. The summed E-state index contributed by atoms with van der Waals surface area (Å²) in [7, 11) is -3.90. The van der Waals surface area contributed by atoms with Gasteiger partial charge in [-0.25, -0.2) is 18.4 Å². The van der Waals surface area contributed by atoms with Gasteiger partial charge in [-0.05, 0) is 61.0 Å². The number of carbonyl (C=O) groups excluding carboxylic acids is 1. The molecular weight excluding hydrogens is 542 g/mol. The summed E-state index contributed by atoms with van der Waals surface area (Å²) in [5.41, 5.74) is 8.50. The average molecular weight is 566 g/mol. The Labute approximate surface area is 228 Å². The van der Waals surface area contributed by atoms with Crippen LogP contribution in [0.3, 0.4) is 0 Å². The molecule has 0 bridgehead atoms. The van der Waals surface area contributed by atoms with Crippen LogP contribution in [-0.4, -0.2) is 28.7 Å². The SMILES string of the molecule is Cc1c(S(=O)(=O)Nc2cccc(C(=O)c3cn(C4CCCC4)c4ncnc(N)c34)c2)sc2ccc(Cl)cc12. The van der Waals surface area contributed by atoms with Crippen molar-refractivity contribution in [1.29, 1.82) is 0 Å². The Bertz CT molecular complexity index is 1840. The van der Waals surface area contributed by atoms with E-state index in [9.17, 15) is 13.2 Å². The number of nitrogens with two attached hydrogens (primary N) is 1. The largest absolute Gasteiger partial charge is 0.383 e. The minimum absolute atomic E-state index is 0.205. The molecule has 0 unspecified atom stereocenters. The minimum atomic E-state index is -3.90. The van der Waals surface area contributed by atoms with Crippen molar-refractivity contribution >= 4 is 71.4 Å². The molecule has 1 saturated carbocycles. The predicted molar refractivity (Wildman–Crippen MR) is 152 cm³/mol. The number of sulfonamides is 1. The first kappa shape index (κ1) is 24.8. The summed E-state index contributed by atoms with van der Waals surface area (Å²) in [4.78, 5) is 22.3. The molecule has 1 aliphatic rings. The molecule has 11 heteroatoms. The Balaban J connectivity index is 1.36. The summed E-state index contributed by atoms with van der Waals surface area (Å²) in [6, 6.07) is 12.0. The van der Waals surface area contributed by atoms with Crippen LogP contribution < -0.4 is 10.5 Å². The maximum absolute atomic E-state index is 13.7. The second-order valence-corrected chi connectivity index (χ2v) is 12.9. The van der Waals surface area contributed by atoms with Gasteiger partial charge in [0.2, 0.25) is 0 Å². The topological polar surface area (TPSA) is 120 Å². The van der Waals surface area contributed by atoms with Crippen molar-refractivity contribution in [3.8, 4) is 0 Å². The van der Waals surface area contributed by atoms with E-state index in [1.807, 2.05) is 16.8 Å². The van der Waals surface area contributed by atoms with Crippen LogP contribution in [0.15, 0.2) is 59.2 Å². The van der Waals surface area contributed by atoms with Crippen molar-refractivity contribution in [3.05, 3.63) is 76.7 Å². The van der Waals surface area contributed by atoms with Gasteiger partial charge in [-0.1, -0.05) is 36.6 Å². The van der Waals surface area contributed by atoms with Crippen LogP contribution in [0.4, 0.5) is 11.5 Å². The smallest absolute Gasteiger partial charge is 0.271 e. The van der Waals surface area contributed by atoms with E-state index in [4.69, 9.17) is 17.3 Å². The minimum Gasteiger partial charge on any atom is -0.383 e. The molecule has 0 aliphatic heterocycles. The lowest BCUT2D eigenvalue weighted by Crippen LogP contribution is -2.13. The highest BCUT2D eigenvalue weighted by Crippen LogP contribution is 2.37. The molecule has 194 valence electrons. The number of hydrogen-bond donors (Lipinski definition) is 2. The van der Waals surface area contributed by atoms with E-state index in [0.717, 1.165) is 35.8 Å². The molecule has 0 atom stereocenters. The molecule has 3 heterocycles. The molecule has 0 saturated heterocycles. The highest BCUT2D eigenvalue weighted by Gasteiger charge is 2.26. The standard InChI is InChI=1S/C27H24ClN5O3S2/c1-15-20-12-17(28)9-10-22(20)37-27(15)38(35,36)32-18-6-4-5-16(11-18)24(34)21-13-33(19-7-2-3-8-19)26-23(21)25(29)30-14-31-26/h4-6,9-14,19,32H,2-3,7-8H2,1H3,(H2,29,30,31). The maximum Gasteiger partial charge on any atom is 0.271 e. The van der Waals surface area contributed by atoms with E-state index in [-0.39, 0.29) is 27.5 Å². The van der Waals surface area contributed by atoms with Crippen molar-refractivity contribution in [3.63, 3.8) is 0 Å². The van der Waals surface area contributed by atoms with Crippen LogP contribution in [0, 0.1) is 6.92 Å². The molecule has 8 nitrogen and oxygen atoms in total. The number of aryl methyl sites for hydroxylation is 1. The van der Waals surface area contributed by atoms with E-state index in [1.54, 1.807) is 37.3 Å². The maximum atomic E-state index is 13.7. The Morgan fingerprint density at radius 3 is 2.74 bits per heavy atom. The average Bonchev–Trinajstić information content (AvgIpc) is 3.62. The summed E-state index contributed by atoms with van der Waals surface area (Å²) in [5.74, 6) is -0.0331. The fourth-order valence-electron chi connectivity index (χ4n) is 5.25. The number of benzene rings is 2. The van der Waals surface area contributed by atoms with Crippen molar-refractivity contribution < 1.29 is 13.2 Å². The van der Waals surface area contributed by atoms with Gasteiger partial charge in [0.15, 0.2) is 5.78 Å². The van der Waals surface area contributed by atoms with Gasteiger partial charge in [-0.3, -0.25) is 9.52 Å². The van der Waals surface area contributed by atoms with Crippen molar-refractivity contribution in [2.45, 2.75) is 42.9 Å². The number of anilines is 2. The van der Waals surface area contributed by atoms with Gasteiger partial charge < -0.3 is 10.3 Å². The van der Waals surface area contributed by atoms with Crippen LogP contribution in [0.2, 0.25) is 5.02 Å². The molecule has 2 aromatic carbocycles. The fraction of sp³-hybridized carbons (Fsp3) is 0.222. The molecule has 0 amide bonds. The number of carbonyl (C=O) groups is 1. The molecule has 0 spiro atoms. The molecule has 1 aliphatic carbocycles. The second-order valence-electron chi connectivity index (χ2n) is 9.52. The van der Waals surface area contributed by atoms with Gasteiger partial charge >= 0.3 is 0 Å². The number of nitrogens with zero attached hydrogens (tertiary/aromatic N) is 3. The number of halogens is 1. The first-order valence-corrected chi connectivity index (χ1v) is 14.9. The predicted octanol–water partition coefficient (Wildman–Crippen LogP) is 6.34. The van der Waals surface area contributed by atoms with Crippen LogP contribution in [0.5, 0.6) is 0 Å². The highest BCUT2D eigenvalue weighted by molar-refractivity contribution is 7.94. The molecule has 3 aromatic heterocycles. The molecule has 5 aromatic rings. The quantitative estimate of drug-likeness (QED) is 0.232. The van der Waals surface area contributed by atoms with Gasteiger partial charge in [0.25, 0.3) is 10.0 Å². The number of thiophene rings is 1. The Morgan fingerprint density at radius 2 is 1.95 bits per heavy atom. The number of hydrogen-bond acceptors (Lipinski definition) is 7. The first-order valence-electron chi connectivity index (χ1n) is 12.2. The van der Waals surface area contributed by atoms with Gasteiger partial charge in [0, 0.05) is 33.2 Å².